The molecule has 14 nitrogen and oxygen atoms in total. The molecule has 0 spiro atoms. The number of aliphatic carboxylic acids is 1. The van der Waals surface area contributed by atoms with Crippen molar-refractivity contribution < 1.29 is 48.0 Å². The highest BCUT2D eigenvalue weighted by Gasteiger charge is 2.05. The number of unbranched alkanes of at least 4 members (excludes halogenated alkanes) is 13. The highest BCUT2D eigenvalue weighted by atomic mass is 16.5. The van der Waals surface area contributed by atoms with E-state index >= 15 is 0 Å². The van der Waals surface area contributed by atoms with Crippen molar-refractivity contribution in [1.29, 1.82) is 0 Å². The molecule has 0 aromatic carbocycles. The van der Waals surface area contributed by atoms with Crippen LogP contribution in [0.5, 0.6) is 0 Å². The summed E-state index contributed by atoms with van der Waals surface area (Å²) in [5.74, 6) is -1.14. The van der Waals surface area contributed by atoms with Gasteiger partial charge in [0.15, 0.2) is 0 Å². The van der Waals surface area contributed by atoms with Gasteiger partial charge in [-0.15, -0.1) is 0 Å². The summed E-state index contributed by atoms with van der Waals surface area (Å²) in [4.78, 5) is 57.7. The quantitative estimate of drug-likeness (QED) is 0.0578. The summed E-state index contributed by atoms with van der Waals surface area (Å²) in [6.07, 6.45) is 18.8. The topological polar surface area (TPSA) is 191 Å². The summed E-state index contributed by atoms with van der Waals surface area (Å²) in [6, 6.07) is 0. The molecule has 0 heterocycles. The Bertz CT molecular complexity index is 878. The van der Waals surface area contributed by atoms with E-state index in [4.69, 9.17) is 24.1 Å². The third-order valence-corrected chi connectivity index (χ3v) is 7.87. The fourth-order valence-electron chi connectivity index (χ4n) is 5.00. The Morgan fingerprint density at radius 1 is 0.392 bits per heavy atom. The maximum atomic E-state index is 12.0. The van der Waals surface area contributed by atoms with Gasteiger partial charge in [0.2, 0.25) is 23.6 Å². The molecule has 0 aliphatic heterocycles. The summed E-state index contributed by atoms with van der Waals surface area (Å²) in [7, 11) is 0. The predicted octanol–water partition coefficient (Wildman–Crippen LogP) is 4.03. The van der Waals surface area contributed by atoms with Gasteiger partial charge in [-0.2, -0.15) is 0 Å². The number of carbonyl (C=O) groups is 5. The molecule has 0 aromatic heterocycles. The van der Waals surface area contributed by atoms with Crippen LogP contribution in [-0.4, -0.2) is 114 Å². The lowest BCUT2D eigenvalue weighted by molar-refractivity contribution is -0.137. The van der Waals surface area contributed by atoms with Crippen LogP contribution in [0.25, 0.3) is 0 Å². The third-order valence-electron chi connectivity index (χ3n) is 7.87. The van der Waals surface area contributed by atoms with Gasteiger partial charge in [-0.05, 0) is 25.7 Å². The fourth-order valence-corrected chi connectivity index (χ4v) is 5.00. The molecular formula is C37H70N4O10. The van der Waals surface area contributed by atoms with Crippen LogP contribution in [-0.2, 0) is 42.9 Å². The van der Waals surface area contributed by atoms with Crippen molar-refractivity contribution in [3.63, 3.8) is 0 Å². The van der Waals surface area contributed by atoms with Crippen molar-refractivity contribution in [3.8, 4) is 0 Å². The maximum Gasteiger partial charge on any atom is 0.303 e. The molecule has 0 unspecified atom stereocenters. The Labute approximate surface area is 306 Å². The summed E-state index contributed by atoms with van der Waals surface area (Å²) in [6.45, 7) is 5.58. The molecule has 0 aliphatic rings. The standard InChI is InChI=1S/C37H70N4O10/c1-2-21-38-35(44)31-50-29-28-49-26-24-41-36(45)32-51-30-27-48-25-23-40-34(43)19-17-22-39-33(42)18-15-13-11-9-7-5-3-4-6-8-10-12-14-16-20-37(46)47/h2-32H2,1H3,(H,38,44)(H,39,42)(H,40,43)(H,41,45)(H,46,47). The largest absolute Gasteiger partial charge is 0.481 e. The molecule has 51 heavy (non-hydrogen) atoms. The molecule has 0 aliphatic carbocycles. The molecule has 0 rings (SSSR count). The van der Waals surface area contributed by atoms with E-state index in [2.05, 4.69) is 21.3 Å². The highest BCUT2D eigenvalue weighted by molar-refractivity contribution is 5.78. The van der Waals surface area contributed by atoms with Gasteiger partial charge >= 0.3 is 5.97 Å². The first-order valence-electron chi connectivity index (χ1n) is 19.4. The first-order chi connectivity index (χ1) is 24.8. The van der Waals surface area contributed by atoms with Crippen LogP contribution in [0.3, 0.4) is 0 Å². The Morgan fingerprint density at radius 2 is 0.745 bits per heavy atom. The van der Waals surface area contributed by atoms with E-state index in [-0.39, 0.29) is 43.4 Å². The molecule has 0 radical (unpaired) electrons. The first kappa shape index (κ1) is 48.2. The number of hydrogen-bond acceptors (Lipinski definition) is 9. The number of rotatable bonds is 39. The van der Waals surface area contributed by atoms with Crippen molar-refractivity contribution in [2.75, 3.05) is 79.0 Å². The molecular weight excluding hydrogens is 660 g/mol. The second-order valence-corrected chi connectivity index (χ2v) is 12.7. The molecule has 0 atom stereocenters. The van der Waals surface area contributed by atoms with Crippen molar-refractivity contribution >= 4 is 29.6 Å². The number of carboxylic acids is 1. The zero-order chi connectivity index (χ0) is 37.5. The van der Waals surface area contributed by atoms with Crippen LogP contribution in [0, 0.1) is 0 Å². The number of carboxylic acid groups (broad SMARTS) is 1. The molecule has 298 valence electrons. The van der Waals surface area contributed by atoms with Crippen molar-refractivity contribution in [1.82, 2.24) is 21.3 Å². The Hall–Kier alpha value is -2.81. The van der Waals surface area contributed by atoms with E-state index in [0.717, 1.165) is 44.9 Å². The van der Waals surface area contributed by atoms with Crippen LogP contribution in [0.4, 0.5) is 0 Å². The minimum Gasteiger partial charge on any atom is -0.481 e. The van der Waals surface area contributed by atoms with Crippen LogP contribution in [0.1, 0.15) is 129 Å². The van der Waals surface area contributed by atoms with Crippen LogP contribution >= 0.6 is 0 Å². The zero-order valence-corrected chi connectivity index (χ0v) is 31.5. The van der Waals surface area contributed by atoms with Crippen LogP contribution in [0.15, 0.2) is 0 Å². The lowest BCUT2D eigenvalue weighted by Crippen LogP contribution is -2.32. The minimum atomic E-state index is -0.693. The zero-order valence-electron chi connectivity index (χ0n) is 31.5. The van der Waals surface area contributed by atoms with Gasteiger partial charge in [-0.1, -0.05) is 84.0 Å². The predicted molar refractivity (Wildman–Crippen MR) is 196 cm³/mol. The summed E-state index contributed by atoms with van der Waals surface area (Å²) in [5, 5.41) is 19.7. The number of ether oxygens (including phenoxy) is 4. The Kier molecular flexibility index (Phi) is 36.3. The average molecular weight is 731 g/mol. The van der Waals surface area contributed by atoms with E-state index in [0.29, 0.717) is 84.9 Å². The van der Waals surface area contributed by atoms with Crippen molar-refractivity contribution in [3.05, 3.63) is 0 Å². The van der Waals surface area contributed by atoms with Gasteiger partial charge < -0.3 is 45.3 Å². The van der Waals surface area contributed by atoms with Crippen molar-refractivity contribution in [2.24, 2.45) is 0 Å². The molecule has 0 bridgehead atoms. The fraction of sp³-hybridized carbons (Fsp3) is 0.865. The SMILES string of the molecule is CCCNC(=O)COCCOCCNC(=O)COCCOCCNC(=O)CCCNC(=O)CCCCCCCCCCCCCCCCC(=O)O. The molecule has 5 N–H and O–H groups in total. The Balaban J connectivity index is 3.36. The number of carbonyl (C=O) groups excluding carboxylic acids is 4. The summed E-state index contributed by atoms with van der Waals surface area (Å²) in [5.41, 5.74) is 0. The van der Waals surface area contributed by atoms with Crippen LogP contribution < -0.4 is 21.3 Å². The van der Waals surface area contributed by atoms with Crippen LogP contribution in [0.2, 0.25) is 0 Å². The van der Waals surface area contributed by atoms with Gasteiger partial charge in [0.1, 0.15) is 13.2 Å². The number of hydrogen-bond donors (Lipinski definition) is 5. The van der Waals surface area contributed by atoms with E-state index in [1.165, 1.54) is 51.4 Å². The normalized spacial score (nSPS) is 10.9. The smallest absolute Gasteiger partial charge is 0.303 e. The van der Waals surface area contributed by atoms with Gasteiger partial charge in [0, 0.05) is 45.4 Å². The minimum absolute atomic E-state index is 0.00561. The Morgan fingerprint density at radius 3 is 1.20 bits per heavy atom. The molecule has 0 fully saturated rings. The molecule has 0 saturated heterocycles. The second kappa shape index (κ2) is 38.4. The lowest BCUT2D eigenvalue weighted by Gasteiger charge is -2.09. The number of amides is 4. The van der Waals surface area contributed by atoms with E-state index in [1.54, 1.807) is 0 Å². The molecule has 4 amide bonds. The van der Waals surface area contributed by atoms with Gasteiger partial charge in [0.05, 0.1) is 39.6 Å². The van der Waals surface area contributed by atoms with Gasteiger partial charge in [-0.3, -0.25) is 24.0 Å². The summed E-state index contributed by atoms with van der Waals surface area (Å²) < 4.78 is 21.2. The third kappa shape index (κ3) is 39.8. The van der Waals surface area contributed by atoms with Gasteiger partial charge in [0.25, 0.3) is 0 Å². The number of nitrogens with one attached hydrogen (secondary N) is 4. The second-order valence-electron chi connectivity index (χ2n) is 12.7. The van der Waals surface area contributed by atoms with E-state index < -0.39 is 5.97 Å². The van der Waals surface area contributed by atoms with E-state index in [9.17, 15) is 24.0 Å². The summed E-state index contributed by atoms with van der Waals surface area (Å²) >= 11 is 0. The first-order valence-corrected chi connectivity index (χ1v) is 19.4. The molecule has 14 heteroatoms. The van der Waals surface area contributed by atoms with Gasteiger partial charge in [-0.25, -0.2) is 0 Å². The lowest BCUT2D eigenvalue weighted by atomic mass is 10.0. The average Bonchev–Trinajstić information content (AvgIpc) is 3.11. The van der Waals surface area contributed by atoms with E-state index in [1.807, 2.05) is 6.92 Å². The molecule has 0 saturated carbocycles. The highest BCUT2D eigenvalue weighted by Crippen LogP contribution is 2.13. The van der Waals surface area contributed by atoms with Crippen molar-refractivity contribution in [2.45, 2.75) is 129 Å². The molecule has 0 aromatic rings. The maximum absolute atomic E-state index is 12.0. The monoisotopic (exact) mass is 731 g/mol.